The van der Waals surface area contributed by atoms with Gasteiger partial charge in [0.25, 0.3) is 0 Å². The summed E-state index contributed by atoms with van der Waals surface area (Å²) >= 11 is 0. The molecule has 3 aromatic rings. The highest BCUT2D eigenvalue weighted by atomic mass is 14.2. The van der Waals surface area contributed by atoms with Crippen LogP contribution in [-0.2, 0) is 0 Å². The van der Waals surface area contributed by atoms with Gasteiger partial charge < -0.3 is 0 Å². The van der Waals surface area contributed by atoms with E-state index in [2.05, 4.69) is 92.7 Å². The molecule has 0 N–H and O–H groups in total. The SMILES string of the molecule is CCCCC(CCCC)c1ccc(-c2ccccc2)cc1-c1ccccc1. The molecule has 0 aliphatic carbocycles. The Hall–Kier alpha value is -2.34. The average Bonchev–Trinajstić information content (AvgIpc) is 2.75. The van der Waals surface area contributed by atoms with Crippen molar-refractivity contribution in [2.75, 3.05) is 0 Å². The van der Waals surface area contributed by atoms with Crippen molar-refractivity contribution in [2.45, 2.75) is 58.3 Å². The first kappa shape index (κ1) is 19.4. The predicted molar refractivity (Wildman–Crippen MR) is 119 cm³/mol. The molecule has 0 fully saturated rings. The fraction of sp³-hybridized carbons (Fsp3) is 0.333. The smallest absolute Gasteiger partial charge is 0.0143 e. The van der Waals surface area contributed by atoms with Gasteiger partial charge in [0.05, 0.1) is 0 Å². The number of benzene rings is 3. The minimum absolute atomic E-state index is 0.657. The molecule has 0 amide bonds. The number of rotatable bonds is 9. The van der Waals surface area contributed by atoms with Crippen LogP contribution in [0.4, 0.5) is 0 Å². The molecule has 3 aromatic carbocycles. The molecule has 0 aliphatic rings. The van der Waals surface area contributed by atoms with Gasteiger partial charge in [-0.05, 0) is 52.6 Å². The van der Waals surface area contributed by atoms with Crippen LogP contribution in [0.5, 0.6) is 0 Å². The molecule has 3 rings (SSSR count). The predicted octanol–water partition coefficient (Wildman–Crippen LogP) is 8.48. The van der Waals surface area contributed by atoms with Gasteiger partial charge >= 0.3 is 0 Å². The molecule has 27 heavy (non-hydrogen) atoms. The number of hydrogen-bond acceptors (Lipinski definition) is 0. The first-order chi connectivity index (χ1) is 13.3. The molecule has 0 aliphatic heterocycles. The third-order valence-electron chi connectivity index (χ3n) is 5.50. The topological polar surface area (TPSA) is 0 Å². The molecule has 0 atom stereocenters. The highest BCUT2D eigenvalue weighted by molar-refractivity contribution is 5.76. The van der Waals surface area contributed by atoms with E-state index in [1.54, 1.807) is 0 Å². The second kappa shape index (κ2) is 10.1. The average molecular weight is 357 g/mol. The van der Waals surface area contributed by atoms with Crippen LogP contribution in [0.2, 0.25) is 0 Å². The molecule has 0 spiro atoms. The molecule has 0 bridgehead atoms. The van der Waals surface area contributed by atoms with E-state index in [4.69, 9.17) is 0 Å². The summed E-state index contributed by atoms with van der Waals surface area (Å²) in [7, 11) is 0. The van der Waals surface area contributed by atoms with Gasteiger partial charge in [-0.25, -0.2) is 0 Å². The molecular formula is C27H32. The molecule has 0 saturated carbocycles. The van der Waals surface area contributed by atoms with Crippen LogP contribution < -0.4 is 0 Å². The lowest BCUT2D eigenvalue weighted by Gasteiger charge is -2.22. The van der Waals surface area contributed by atoms with Crippen LogP contribution in [-0.4, -0.2) is 0 Å². The molecule has 0 heteroatoms. The highest BCUT2D eigenvalue weighted by Gasteiger charge is 2.17. The Morgan fingerprint density at radius 1 is 0.593 bits per heavy atom. The first-order valence-corrected chi connectivity index (χ1v) is 10.6. The van der Waals surface area contributed by atoms with Crippen molar-refractivity contribution < 1.29 is 0 Å². The largest absolute Gasteiger partial charge is 0.0654 e. The van der Waals surface area contributed by atoms with Crippen molar-refractivity contribution in [3.63, 3.8) is 0 Å². The van der Waals surface area contributed by atoms with Gasteiger partial charge in [-0.15, -0.1) is 0 Å². The molecular weight excluding hydrogens is 324 g/mol. The van der Waals surface area contributed by atoms with E-state index >= 15 is 0 Å². The van der Waals surface area contributed by atoms with Crippen LogP contribution in [0.1, 0.15) is 63.9 Å². The minimum atomic E-state index is 0.657. The monoisotopic (exact) mass is 356 g/mol. The standard InChI is InChI=1S/C27H32/c1-3-5-13-23(14-6-4-2)26-20-19-25(22-15-9-7-10-16-22)21-27(26)24-17-11-8-12-18-24/h7-12,15-21,23H,3-6,13-14H2,1-2H3. The fourth-order valence-electron chi connectivity index (χ4n) is 3.95. The van der Waals surface area contributed by atoms with E-state index in [0.717, 1.165) is 0 Å². The lowest BCUT2D eigenvalue weighted by atomic mass is 9.83. The maximum absolute atomic E-state index is 2.41. The van der Waals surface area contributed by atoms with Gasteiger partial charge in [-0.3, -0.25) is 0 Å². The Labute approximate surface area is 165 Å². The van der Waals surface area contributed by atoms with E-state index in [-0.39, 0.29) is 0 Å². The quantitative estimate of drug-likeness (QED) is 0.360. The van der Waals surface area contributed by atoms with Gasteiger partial charge in [0.1, 0.15) is 0 Å². The second-order valence-electron chi connectivity index (χ2n) is 7.52. The number of unbranched alkanes of at least 4 members (excludes halogenated alkanes) is 2. The zero-order chi connectivity index (χ0) is 18.9. The fourth-order valence-corrected chi connectivity index (χ4v) is 3.95. The van der Waals surface area contributed by atoms with Gasteiger partial charge in [-0.2, -0.15) is 0 Å². The molecule has 0 nitrogen and oxygen atoms in total. The zero-order valence-electron chi connectivity index (χ0n) is 16.8. The summed E-state index contributed by atoms with van der Waals surface area (Å²) < 4.78 is 0. The molecule has 0 radical (unpaired) electrons. The lowest BCUT2D eigenvalue weighted by molar-refractivity contribution is 0.526. The van der Waals surface area contributed by atoms with Crippen molar-refractivity contribution in [2.24, 2.45) is 0 Å². The van der Waals surface area contributed by atoms with Crippen molar-refractivity contribution in [3.05, 3.63) is 84.4 Å². The Bertz CT molecular complexity index is 794. The minimum Gasteiger partial charge on any atom is -0.0654 e. The van der Waals surface area contributed by atoms with Crippen LogP contribution in [0.3, 0.4) is 0 Å². The van der Waals surface area contributed by atoms with Crippen molar-refractivity contribution in [1.29, 1.82) is 0 Å². The van der Waals surface area contributed by atoms with Crippen LogP contribution in [0, 0.1) is 0 Å². The Morgan fingerprint density at radius 3 is 1.70 bits per heavy atom. The number of hydrogen-bond donors (Lipinski definition) is 0. The van der Waals surface area contributed by atoms with Gasteiger partial charge in [0.15, 0.2) is 0 Å². The molecule has 140 valence electrons. The van der Waals surface area contributed by atoms with Crippen molar-refractivity contribution in [1.82, 2.24) is 0 Å². The van der Waals surface area contributed by atoms with Crippen LogP contribution in [0.15, 0.2) is 78.9 Å². The third-order valence-corrected chi connectivity index (χ3v) is 5.50. The molecule has 0 unspecified atom stereocenters. The lowest BCUT2D eigenvalue weighted by Crippen LogP contribution is -2.02. The van der Waals surface area contributed by atoms with E-state index in [1.807, 2.05) is 0 Å². The van der Waals surface area contributed by atoms with Gasteiger partial charge in [-0.1, -0.05) is 112 Å². The Morgan fingerprint density at radius 2 is 1.15 bits per heavy atom. The van der Waals surface area contributed by atoms with Gasteiger partial charge in [0, 0.05) is 0 Å². The van der Waals surface area contributed by atoms with E-state index < -0.39 is 0 Å². The van der Waals surface area contributed by atoms with E-state index in [1.165, 1.54) is 66.3 Å². The highest BCUT2D eigenvalue weighted by Crippen LogP contribution is 2.37. The third kappa shape index (κ3) is 5.10. The molecule has 0 heterocycles. The maximum Gasteiger partial charge on any atom is -0.0143 e. The summed E-state index contributed by atoms with van der Waals surface area (Å²) in [6.45, 7) is 4.60. The van der Waals surface area contributed by atoms with Crippen LogP contribution >= 0.6 is 0 Å². The van der Waals surface area contributed by atoms with E-state index in [9.17, 15) is 0 Å². The maximum atomic E-state index is 2.41. The summed E-state index contributed by atoms with van der Waals surface area (Å²) in [5.74, 6) is 0.657. The second-order valence-corrected chi connectivity index (χ2v) is 7.52. The Kier molecular flexibility index (Phi) is 7.27. The molecule has 0 saturated heterocycles. The zero-order valence-corrected chi connectivity index (χ0v) is 16.8. The first-order valence-electron chi connectivity index (χ1n) is 10.6. The molecule has 0 aromatic heterocycles. The summed E-state index contributed by atoms with van der Waals surface area (Å²) in [6, 6.07) is 28.8. The van der Waals surface area contributed by atoms with E-state index in [0.29, 0.717) is 5.92 Å². The van der Waals surface area contributed by atoms with Crippen LogP contribution in [0.25, 0.3) is 22.3 Å². The summed E-state index contributed by atoms with van der Waals surface area (Å²) in [5.41, 5.74) is 6.88. The van der Waals surface area contributed by atoms with Gasteiger partial charge in [0.2, 0.25) is 0 Å². The van der Waals surface area contributed by atoms with Crippen molar-refractivity contribution >= 4 is 0 Å². The van der Waals surface area contributed by atoms with Crippen molar-refractivity contribution in [3.8, 4) is 22.3 Å². The summed E-state index contributed by atoms with van der Waals surface area (Å²) in [5, 5.41) is 0. The normalized spacial score (nSPS) is 11.1. The summed E-state index contributed by atoms with van der Waals surface area (Å²) in [6.07, 6.45) is 7.74. The Balaban J connectivity index is 2.06. The summed E-state index contributed by atoms with van der Waals surface area (Å²) in [4.78, 5) is 0.